The molecule has 0 unspecified atom stereocenters. The van der Waals surface area contributed by atoms with Crippen molar-refractivity contribution < 1.29 is 19.0 Å². The number of carbonyl (C=O) groups is 1. The van der Waals surface area contributed by atoms with Crippen molar-refractivity contribution in [1.82, 2.24) is 5.43 Å². The molecule has 0 heterocycles. The summed E-state index contributed by atoms with van der Waals surface area (Å²) in [7, 11) is 1.50. The molecule has 0 atom stereocenters. The molecule has 0 saturated carbocycles. The number of primary amides is 1. The van der Waals surface area contributed by atoms with Gasteiger partial charge in [-0.3, -0.25) is 0 Å². The first kappa shape index (κ1) is 19.4. The second-order valence-corrected chi connectivity index (χ2v) is 5.64. The van der Waals surface area contributed by atoms with E-state index in [0.717, 1.165) is 11.3 Å². The summed E-state index contributed by atoms with van der Waals surface area (Å²) in [5.41, 5.74) is 8.71. The summed E-state index contributed by atoms with van der Waals surface area (Å²) < 4.78 is 16.7. The Bertz CT molecular complexity index is 796. The van der Waals surface area contributed by atoms with Gasteiger partial charge in [-0.2, -0.15) is 5.10 Å². The molecule has 7 nitrogen and oxygen atoms in total. The van der Waals surface area contributed by atoms with Gasteiger partial charge in [-0.25, -0.2) is 10.2 Å². The monoisotopic (exact) mass is 377 g/mol. The molecule has 0 aromatic heterocycles. The molecular formula is C18H20ClN3O4. The molecule has 0 aliphatic heterocycles. The number of ether oxygens (including phenoxy) is 3. The normalized spacial score (nSPS) is 10.6. The smallest absolute Gasteiger partial charge is 0.332 e. The van der Waals surface area contributed by atoms with Gasteiger partial charge >= 0.3 is 6.03 Å². The largest absolute Gasteiger partial charge is 0.493 e. The Morgan fingerprint density at radius 3 is 2.65 bits per heavy atom. The lowest BCUT2D eigenvalue weighted by atomic mass is 10.2. The second kappa shape index (κ2) is 9.53. The van der Waals surface area contributed by atoms with Crippen LogP contribution < -0.4 is 25.4 Å². The summed E-state index contributed by atoms with van der Waals surface area (Å²) >= 11 is 6.26. The maximum Gasteiger partial charge on any atom is 0.332 e. The fraction of sp³-hybridized carbons (Fsp3) is 0.222. The van der Waals surface area contributed by atoms with Crippen molar-refractivity contribution in [1.29, 1.82) is 0 Å². The molecule has 0 aliphatic carbocycles. The molecule has 8 heteroatoms. The third kappa shape index (κ3) is 5.56. The lowest BCUT2D eigenvalue weighted by Gasteiger charge is -2.14. The predicted octanol–water partition coefficient (Wildman–Crippen LogP) is 3.12. The Hall–Kier alpha value is -2.93. The van der Waals surface area contributed by atoms with Crippen molar-refractivity contribution in [2.24, 2.45) is 10.8 Å². The molecule has 3 N–H and O–H groups in total. The van der Waals surface area contributed by atoms with Crippen LogP contribution in [-0.4, -0.2) is 32.6 Å². The molecule has 0 radical (unpaired) electrons. The Balaban J connectivity index is 1.99. The molecule has 138 valence electrons. The standard InChI is InChI=1S/C18H20ClN3O4/c1-12-5-3-4-6-15(12)25-7-8-26-17-14(19)9-13(10-16(17)24-2)11-21-22-18(20)23/h3-6,9-11H,7-8H2,1-2H3,(H3,20,22,23)/b21-11+. The van der Waals surface area contributed by atoms with Gasteiger partial charge in [-0.05, 0) is 36.2 Å². The van der Waals surface area contributed by atoms with Gasteiger partial charge in [-0.15, -0.1) is 0 Å². The Morgan fingerprint density at radius 1 is 1.23 bits per heavy atom. The minimum absolute atomic E-state index is 0.293. The predicted molar refractivity (Wildman–Crippen MR) is 100 cm³/mol. The molecule has 0 saturated heterocycles. The number of halogens is 1. The number of urea groups is 1. The Labute approximate surface area is 156 Å². The number of hydrogen-bond acceptors (Lipinski definition) is 5. The van der Waals surface area contributed by atoms with Gasteiger partial charge in [0.05, 0.1) is 18.3 Å². The van der Waals surface area contributed by atoms with E-state index in [-0.39, 0.29) is 0 Å². The number of aryl methyl sites for hydroxylation is 1. The number of rotatable bonds is 8. The second-order valence-electron chi connectivity index (χ2n) is 5.23. The molecular weight excluding hydrogens is 358 g/mol. The van der Waals surface area contributed by atoms with Gasteiger partial charge in [0.25, 0.3) is 0 Å². The maximum atomic E-state index is 10.6. The number of hydrazone groups is 1. The highest BCUT2D eigenvalue weighted by atomic mass is 35.5. The fourth-order valence-electron chi connectivity index (χ4n) is 2.14. The lowest BCUT2D eigenvalue weighted by molar-refractivity contribution is 0.210. The van der Waals surface area contributed by atoms with E-state index in [1.54, 1.807) is 12.1 Å². The molecule has 2 aromatic carbocycles. The highest BCUT2D eigenvalue weighted by Gasteiger charge is 2.12. The van der Waals surface area contributed by atoms with Crippen LogP contribution in [0.5, 0.6) is 17.2 Å². The summed E-state index contributed by atoms with van der Waals surface area (Å²) in [6.07, 6.45) is 1.39. The van der Waals surface area contributed by atoms with Crippen LogP contribution in [-0.2, 0) is 0 Å². The number of hydrogen-bond donors (Lipinski definition) is 2. The first-order valence-electron chi connectivity index (χ1n) is 7.78. The van der Waals surface area contributed by atoms with Crippen LogP contribution in [0.25, 0.3) is 0 Å². The van der Waals surface area contributed by atoms with Crippen LogP contribution >= 0.6 is 11.6 Å². The van der Waals surface area contributed by atoms with Gasteiger partial charge in [0.2, 0.25) is 0 Å². The van der Waals surface area contributed by atoms with Gasteiger partial charge in [0, 0.05) is 0 Å². The van der Waals surface area contributed by atoms with Crippen LogP contribution in [0.15, 0.2) is 41.5 Å². The van der Waals surface area contributed by atoms with E-state index in [1.165, 1.54) is 13.3 Å². The zero-order valence-corrected chi connectivity index (χ0v) is 15.2. The number of nitrogens with two attached hydrogens (primary N) is 1. The molecule has 0 spiro atoms. The molecule has 26 heavy (non-hydrogen) atoms. The van der Waals surface area contributed by atoms with Crippen LogP contribution in [0, 0.1) is 6.92 Å². The quantitative estimate of drug-likeness (QED) is 0.419. The van der Waals surface area contributed by atoms with E-state index < -0.39 is 6.03 Å². The van der Waals surface area contributed by atoms with Crippen LogP contribution in [0.3, 0.4) is 0 Å². The third-order valence-electron chi connectivity index (χ3n) is 3.32. The number of carbonyl (C=O) groups excluding carboxylic acids is 1. The van der Waals surface area contributed by atoms with Gasteiger partial charge in [-0.1, -0.05) is 29.8 Å². The summed E-state index contributed by atoms with van der Waals surface area (Å²) in [4.78, 5) is 10.6. The highest BCUT2D eigenvalue weighted by molar-refractivity contribution is 6.32. The van der Waals surface area contributed by atoms with Crippen LogP contribution in [0.4, 0.5) is 4.79 Å². The van der Waals surface area contributed by atoms with E-state index in [4.69, 9.17) is 31.5 Å². The van der Waals surface area contributed by atoms with E-state index >= 15 is 0 Å². The fourth-order valence-corrected chi connectivity index (χ4v) is 2.41. The number of methoxy groups -OCH3 is 1. The number of nitrogens with zero attached hydrogens (tertiary/aromatic N) is 1. The molecule has 0 fully saturated rings. The van der Waals surface area contributed by atoms with E-state index in [0.29, 0.717) is 35.3 Å². The number of amides is 2. The van der Waals surface area contributed by atoms with Crippen molar-refractivity contribution in [2.75, 3.05) is 20.3 Å². The summed E-state index contributed by atoms with van der Waals surface area (Å²) in [5, 5.41) is 4.03. The summed E-state index contributed by atoms with van der Waals surface area (Å²) in [5.74, 6) is 1.65. The number of nitrogens with one attached hydrogen (secondary N) is 1. The first-order chi connectivity index (χ1) is 12.5. The Morgan fingerprint density at radius 2 is 1.96 bits per heavy atom. The van der Waals surface area contributed by atoms with Crippen LogP contribution in [0.2, 0.25) is 5.02 Å². The van der Waals surface area contributed by atoms with E-state index in [9.17, 15) is 4.79 Å². The molecule has 2 rings (SSSR count). The van der Waals surface area contributed by atoms with Crippen molar-refractivity contribution in [3.8, 4) is 17.2 Å². The number of benzene rings is 2. The molecule has 0 aliphatic rings. The van der Waals surface area contributed by atoms with E-state index in [1.807, 2.05) is 31.2 Å². The SMILES string of the molecule is COc1cc(/C=N/NC(N)=O)cc(Cl)c1OCCOc1ccccc1C. The van der Waals surface area contributed by atoms with Crippen LogP contribution in [0.1, 0.15) is 11.1 Å². The zero-order chi connectivity index (χ0) is 18.9. The average molecular weight is 378 g/mol. The van der Waals surface area contributed by atoms with Crippen molar-refractivity contribution in [2.45, 2.75) is 6.92 Å². The topological polar surface area (TPSA) is 95.2 Å². The van der Waals surface area contributed by atoms with Crippen molar-refractivity contribution in [3.63, 3.8) is 0 Å². The first-order valence-corrected chi connectivity index (χ1v) is 8.16. The number of para-hydroxylation sites is 1. The van der Waals surface area contributed by atoms with Gasteiger partial charge < -0.3 is 19.9 Å². The summed E-state index contributed by atoms with van der Waals surface area (Å²) in [6.45, 7) is 2.63. The molecule has 2 amide bonds. The van der Waals surface area contributed by atoms with Crippen molar-refractivity contribution >= 4 is 23.8 Å². The van der Waals surface area contributed by atoms with Crippen molar-refractivity contribution in [3.05, 3.63) is 52.5 Å². The van der Waals surface area contributed by atoms with Gasteiger partial charge in [0.15, 0.2) is 11.5 Å². The molecule has 0 bridgehead atoms. The average Bonchev–Trinajstić information content (AvgIpc) is 2.60. The van der Waals surface area contributed by atoms with E-state index in [2.05, 4.69) is 10.5 Å². The maximum absolute atomic E-state index is 10.6. The summed E-state index contributed by atoms with van der Waals surface area (Å²) in [6, 6.07) is 10.3. The molecule has 2 aromatic rings. The third-order valence-corrected chi connectivity index (χ3v) is 3.60. The van der Waals surface area contributed by atoms with Gasteiger partial charge in [0.1, 0.15) is 19.0 Å². The minimum Gasteiger partial charge on any atom is -0.493 e. The lowest BCUT2D eigenvalue weighted by Crippen LogP contribution is -2.24. The minimum atomic E-state index is -0.757. The Kier molecular flexibility index (Phi) is 7.11. The highest BCUT2D eigenvalue weighted by Crippen LogP contribution is 2.36. The zero-order valence-electron chi connectivity index (χ0n) is 14.5.